The largest absolute Gasteiger partial charge is 0.381 e. The van der Waals surface area contributed by atoms with Crippen LogP contribution in [0.1, 0.15) is 54.4 Å². The molecule has 0 spiro atoms. The van der Waals surface area contributed by atoms with Gasteiger partial charge in [0, 0.05) is 30.4 Å². The van der Waals surface area contributed by atoms with Gasteiger partial charge in [0.05, 0.1) is 0 Å². The van der Waals surface area contributed by atoms with E-state index in [4.69, 9.17) is 4.74 Å². The van der Waals surface area contributed by atoms with Crippen molar-refractivity contribution < 1.29 is 13.5 Å². The van der Waals surface area contributed by atoms with E-state index in [2.05, 4.69) is 63.0 Å². The van der Waals surface area contributed by atoms with Crippen LogP contribution in [-0.2, 0) is 4.74 Å². The zero-order valence-corrected chi connectivity index (χ0v) is 22.9. The lowest BCUT2D eigenvalue weighted by Crippen LogP contribution is -2.51. The van der Waals surface area contributed by atoms with E-state index in [1.54, 1.807) is 24.4 Å². The zero-order valence-electron chi connectivity index (χ0n) is 21.9. The van der Waals surface area contributed by atoms with Gasteiger partial charge in [-0.1, -0.05) is 41.5 Å². The predicted molar refractivity (Wildman–Crippen MR) is 147 cm³/mol. The Morgan fingerprint density at radius 3 is 1.89 bits per heavy atom. The van der Waals surface area contributed by atoms with E-state index >= 15 is 0 Å². The second-order valence-corrected chi connectivity index (χ2v) is 16.0. The van der Waals surface area contributed by atoms with Crippen LogP contribution in [0.2, 0.25) is 16.6 Å². The first-order valence-corrected chi connectivity index (χ1v) is 14.9. The van der Waals surface area contributed by atoms with Gasteiger partial charge in [0.25, 0.3) is 0 Å². The number of rotatable bonds is 4. The average molecular weight is 499 g/mol. The number of halogens is 2. The number of hydrogen-bond acceptors (Lipinski definition) is 1. The van der Waals surface area contributed by atoms with E-state index in [9.17, 15) is 8.78 Å². The van der Waals surface area contributed by atoms with Crippen molar-refractivity contribution in [1.82, 2.24) is 9.22 Å². The smallest absolute Gasteiger partial charge is 0.169 e. The van der Waals surface area contributed by atoms with Gasteiger partial charge in [-0.3, -0.25) is 0 Å². The first kappa shape index (κ1) is 27.1. The molecule has 0 saturated carbocycles. The van der Waals surface area contributed by atoms with Crippen molar-refractivity contribution in [3.8, 4) is 0 Å². The van der Waals surface area contributed by atoms with Crippen LogP contribution in [-0.4, -0.2) is 30.7 Å². The summed E-state index contributed by atoms with van der Waals surface area (Å²) in [7, 11) is -1.79. The molecule has 0 unspecified atom stereocenters. The van der Waals surface area contributed by atoms with E-state index in [0.29, 0.717) is 16.6 Å². The van der Waals surface area contributed by atoms with Gasteiger partial charge in [-0.05, 0) is 95.0 Å². The summed E-state index contributed by atoms with van der Waals surface area (Å²) in [5, 5.41) is 2.19. The van der Waals surface area contributed by atoms with Gasteiger partial charge in [0.15, 0.2) is 8.24 Å². The van der Waals surface area contributed by atoms with Crippen molar-refractivity contribution in [2.75, 3.05) is 13.2 Å². The van der Waals surface area contributed by atoms with Crippen LogP contribution in [0, 0.1) is 11.6 Å². The van der Waals surface area contributed by atoms with Gasteiger partial charge in [0.1, 0.15) is 11.6 Å². The van der Waals surface area contributed by atoms with Gasteiger partial charge in [-0.2, -0.15) is 0 Å². The molecular weight excluding hydrogens is 458 g/mol. The number of benzene rings is 2. The molecule has 6 heteroatoms. The van der Waals surface area contributed by atoms with Crippen molar-refractivity contribution >= 4 is 30.0 Å². The van der Waals surface area contributed by atoms with E-state index in [1.807, 2.05) is 12.1 Å². The highest BCUT2D eigenvalue weighted by molar-refractivity contribution is 6.82. The van der Waals surface area contributed by atoms with Gasteiger partial charge in [0.2, 0.25) is 0 Å². The minimum atomic E-state index is -1.79. The molecule has 0 atom stereocenters. The summed E-state index contributed by atoms with van der Waals surface area (Å²) in [5.74, 6) is -0.341. The highest BCUT2D eigenvalue weighted by Gasteiger charge is 2.45. The standard InChI is InChI=1S/C17H26FNSi.C8H6FN.C4H8O/c1-12(2)20(13(3)4,14(5)6)19-10-9-15-7-8-16(18)11-17(15)19;9-7-2-1-6-3-4-10-8(6)5-7;1-2-4-5-3-1/h7-14H,1-6H3;1-5,10H;1-4H2. The molecule has 2 aromatic heterocycles. The number of aromatic nitrogens is 2. The molecule has 3 nitrogen and oxygen atoms in total. The number of aromatic amines is 1. The van der Waals surface area contributed by atoms with E-state index in [-0.39, 0.29) is 11.6 Å². The molecule has 0 bridgehead atoms. The Hall–Kier alpha value is -2.44. The average Bonchev–Trinajstić information content (AvgIpc) is 3.57. The summed E-state index contributed by atoms with van der Waals surface area (Å²) in [6.45, 7) is 16.0. The summed E-state index contributed by atoms with van der Waals surface area (Å²) in [6.07, 6.45) is 6.54. The maximum atomic E-state index is 13.7. The van der Waals surface area contributed by atoms with Crippen LogP contribution in [0.25, 0.3) is 21.8 Å². The SMILES string of the molecule is C1CCOC1.CC(C)[Si](C(C)C)(C(C)C)n1ccc2ccc(F)cc21.Fc1ccc2cc[nH]c2c1. The summed E-state index contributed by atoms with van der Waals surface area (Å²) in [5.41, 5.74) is 3.75. The Morgan fingerprint density at radius 2 is 1.34 bits per heavy atom. The lowest BCUT2D eigenvalue weighted by molar-refractivity contribution is 0.198. The molecule has 1 aliphatic rings. The van der Waals surface area contributed by atoms with Crippen molar-refractivity contribution in [1.29, 1.82) is 0 Å². The van der Waals surface area contributed by atoms with E-state index in [0.717, 1.165) is 35.0 Å². The zero-order chi connectivity index (χ0) is 25.6. The number of H-pyrrole nitrogens is 1. The number of ether oxygens (including phenoxy) is 1. The second-order valence-electron chi connectivity index (χ2n) is 10.3. The number of nitrogens with zero attached hydrogens (tertiary/aromatic N) is 1. The molecular formula is C29H40F2N2OSi. The maximum Gasteiger partial charge on any atom is 0.169 e. The van der Waals surface area contributed by atoms with Crippen LogP contribution in [0.15, 0.2) is 60.9 Å². The first-order chi connectivity index (χ1) is 16.7. The summed E-state index contributed by atoms with van der Waals surface area (Å²) >= 11 is 0. The van der Waals surface area contributed by atoms with Crippen LogP contribution >= 0.6 is 0 Å². The Kier molecular flexibility index (Phi) is 9.31. The Bertz CT molecular complexity index is 1180. The lowest BCUT2D eigenvalue weighted by atomic mass is 10.2. The minimum absolute atomic E-state index is 0.142. The summed E-state index contributed by atoms with van der Waals surface area (Å²) in [6, 6.07) is 13.9. The first-order valence-electron chi connectivity index (χ1n) is 12.7. The predicted octanol–water partition coefficient (Wildman–Crippen LogP) is 8.91. The fourth-order valence-electron chi connectivity index (χ4n) is 5.80. The number of fused-ring (bicyclic) bond motifs is 2. The lowest BCUT2D eigenvalue weighted by Gasteiger charge is -2.44. The van der Waals surface area contributed by atoms with Crippen LogP contribution in [0.4, 0.5) is 8.78 Å². The van der Waals surface area contributed by atoms with Gasteiger partial charge < -0.3 is 14.0 Å². The van der Waals surface area contributed by atoms with Crippen molar-refractivity contribution in [3.05, 3.63) is 72.6 Å². The normalized spacial score (nSPS) is 13.9. The molecule has 0 radical (unpaired) electrons. The molecule has 35 heavy (non-hydrogen) atoms. The van der Waals surface area contributed by atoms with Crippen molar-refractivity contribution in [2.45, 2.75) is 71.0 Å². The van der Waals surface area contributed by atoms with Crippen molar-refractivity contribution in [3.63, 3.8) is 0 Å². The van der Waals surface area contributed by atoms with Gasteiger partial charge in [-0.25, -0.2) is 8.78 Å². The van der Waals surface area contributed by atoms with E-state index in [1.165, 1.54) is 25.0 Å². The molecule has 1 fully saturated rings. The fourth-order valence-corrected chi connectivity index (χ4v) is 12.4. The Labute approximate surface area is 209 Å². The molecule has 1 N–H and O–H groups in total. The molecule has 0 amide bonds. The Morgan fingerprint density at radius 1 is 0.771 bits per heavy atom. The highest BCUT2D eigenvalue weighted by atomic mass is 28.3. The molecule has 5 rings (SSSR count). The molecule has 190 valence electrons. The maximum absolute atomic E-state index is 13.7. The van der Waals surface area contributed by atoms with E-state index < -0.39 is 8.24 Å². The van der Waals surface area contributed by atoms with Crippen LogP contribution in [0.3, 0.4) is 0 Å². The van der Waals surface area contributed by atoms with Crippen molar-refractivity contribution in [2.24, 2.45) is 0 Å². The molecule has 3 heterocycles. The number of hydrogen-bond donors (Lipinski definition) is 1. The molecule has 4 aromatic rings. The monoisotopic (exact) mass is 498 g/mol. The van der Waals surface area contributed by atoms with Gasteiger partial charge in [-0.15, -0.1) is 0 Å². The molecule has 1 saturated heterocycles. The molecule has 0 aliphatic carbocycles. The third-order valence-corrected chi connectivity index (χ3v) is 14.0. The number of nitrogens with one attached hydrogen (secondary N) is 1. The highest BCUT2D eigenvalue weighted by Crippen LogP contribution is 2.44. The topological polar surface area (TPSA) is 29.9 Å². The minimum Gasteiger partial charge on any atom is -0.381 e. The van der Waals surface area contributed by atoms with Crippen LogP contribution in [0.5, 0.6) is 0 Å². The third kappa shape index (κ3) is 6.04. The van der Waals surface area contributed by atoms with Crippen LogP contribution < -0.4 is 0 Å². The summed E-state index contributed by atoms with van der Waals surface area (Å²) in [4.78, 5) is 2.92. The third-order valence-electron chi connectivity index (χ3n) is 7.19. The molecule has 1 aliphatic heterocycles. The fraction of sp³-hybridized carbons (Fsp3) is 0.448. The Balaban J connectivity index is 0.000000186. The molecule has 2 aromatic carbocycles. The quantitative estimate of drug-likeness (QED) is 0.280. The summed E-state index contributed by atoms with van der Waals surface area (Å²) < 4.78 is 33.6. The second kappa shape index (κ2) is 12.0. The van der Waals surface area contributed by atoms with Gasteiger partial charge >= 0.3 is 0 Å².